The summed E-state index contributed by atoms with van der Waals surface area (Å²) in [6, 6.07) is 6.64. The molecule has 0 spiro atoms. The third-order valence-electron chi connectivity index (χ3n) is 2.42. The van der Waals surface area contributed by atoms with E-state index in [0.29, 0.717) is 10.8 Å². The van der Waals surface area contributed by atoms with Gasteiger partial charge in [0.1, 0.15) is 5.75 Å². The second-order valence-corrected chi connectivity index (χ2v) is 8.66. The van der Waals surface area contributed by atoms with E-state index in [2.05, 4.69) is 4.52 Å². The van der Waals surface area contributed by atoms with Crippen LogP contribution in [-0.2, 0) is 18.6 Å². The molecule has 1 aromatic carbocycles. The summed E-state index contributed by atoms with van der Waals surface area (Å²) >= 11 is 5.85. The van der Waals surface area contributed by atoms with E-state index in [9.17, 15) is 14.3 Å². The van der Waals surface area contributed by atoms with Crippen molar-refractivity contribution in [2.24, 2.45) is 5.73 Å². The largest absolute Gasteiger partial charge is 0.480 e. The molecule has 0 aliphatic carbocycles. The number of benzene rings is 1. The molecule has 0 aliphatic heterocycles. The first-order valence-corrected chi connectivity index (χ1v) is 9.67. The SMILES string of the molecule is CC(C)(C)N.CCC(OC(=O)COc1ccccc1Cl)P(=O)(O)OC. The molecule has 25 heavy (non-hydrogen) atoms. The number of ether oxygens (including phenoxy) is 2. The number of esters is 1. The van der Waals surface area contributed by atoms with E-state index in [-0.39, 0.29) is 12.0 Å². The van der Waals surface area contributed by atoms with E-state index in [0.717, 1.165) is 7.11 Å². The fourth-order valence-corrected chi connectivity index (χ4v) is 2.52. The molecule has 0 saturated carbocycles. The number of para-hydroxylation sites is 1. The molecule has 0 amide bonds. The van der Waals surface area contributed by atoms with Gasteiger partial charge in [0.25, 0.3) is 0 Å². The lowest BCUT2D eigenvalue weighted by molar-refractivity contribution is -0.148. The minimum Gasteiger partial charge on any atom is -0.480 e. The minimum atomic E-state index is -3.97. The Hall–Kier alpha value is -1.11. The fraction of sp³-hybridized carbons (Fsp3) is 0.562. The van der Waals surface area contributed by atoms with Crippen LogP contribution in [-0.4, -0.2) is 36.0 Å². The van der Waals surface area contributed by atoms with Crippen LogP contribution in [0.15, 0.2) is 24.3 Å². The molecule has 1 aromatic rings. The average Bonchev–Trinajstić information content (AvgIpc) is 2.50. The van der Waals surface area contributed by atoms with Gasteiger partial charge in [-0.25, -0.2) is 4.79 Å². The quantitative estimate of drug-likeness (QED) is 0.536. The average molecular weight is 396 g/mol. The van der Waals surface area contributed by atoms with Crippen molar-refractivity contribution in [3.8, 4) is 5.75 Å². The third kappa shape index (κ3) is 11.2. The molecule has 1 rings (SSSR count). The first-order chi connectivity index (χ1) is 11.4. The maximum absolute atomic E-state index is 11.6. The smallest absolute Gasteiger partial charge is 0.368 e. The number of nitrogens with two attached hydrogens (primary N) is 1. The molecule has 144 valence electrons. The number of hydrogen-bond acceptors (Lipinski definition) is 6. The van der Waals surface area contributed by atoms with Crippen LogP contribution >= 0.6 is 19.2 Å². The highest BCUT2D eigenvalue weighted by Crippen LogP contribution is 2.48. The van der Waals surface area contributed by atoms with Gasteiger partial charge < -0.3 is 24.6 Å². The third-order valence-corrected chi connectivity index (χ3v) is 4.46. The highest BCUT2D eigenvalue weighted by Gasteiger charge is 2.33. The summed E-state index contributed by atoms with van der Waals surface area (Å²) in [4.78, 5) is 21.0. The van der Waals surface area contributed by atoms with E-state index in [1.807, 2.05) is 20.8 Å². The lowest BCUT2D eigenvalue weighted by Gasteiger charge is -2.20. The van der Waals surface area contributed by atoms with Crippen LogP contribution in [0.5, 0.6) is 5.75 Å². The van der Waals surface area contributed by atoms with Crippen molar-refractivity contribution in [1.29, 1.82) is 0 Å². The topological polar surface area (TPSA) is 108 Å². The molecule has 0 saturated heterocycles. The Kier molecular flexibility index (Phi) is 10.3. The van der Waals surface area contributed by atoms with Crippen molar-refractivity contribution in [2.75, 3.05) is 13.7 Å². The first-order valence-electron chi connectivity index (χ1n) is 7.64. The molecule has 2 atom stereocenters. The van der Waals surface area contributed by atoms with Gasteiger partial charge in [-0.2, -0.15) is 0 Å². The summed E-state index contributed by atoms with van der Waals surface area (Å²) in [7, 11) is -2.89. The maximum Gasteiger partial charge on any atom is 0.368 e. The highest BCUT2D eigenvalue weighted by atomic mass is 35.5. The van der Waals surface area contributed by atoms with E-state index >= 15 is 0 Å². The van der Waals surface area contributed by atoms with Gasteiger partial charge in [0.15, 0.2) is 6.61 Å². The highest BCUT2D eigenvalue weighted by molar-refractivity contribution is 7.53. The number of halogens is 1. The predicted molar refractivity (Wildman–Crippen MR) is 97.9 cm³/mol. The summed E-state index contributed by atoms with van der Waals surface area (Å²) in [5, 5.41) is 0.358. The molecule has 0 radical (unpaired) electrons. The molecule has 9 heteroatoms. The lowest BCUT2D eigenvalue weighted by atomic mass is 10.1. The van der Waals surface area contributed by atoms with Crippen LogP contribution in [0.25, 0.3) is 0 Å². The second kappa shape index (κ2) is 10.8. The van der Waals surface area contributed by atoms with Crippen molar-refractivity contribution in [3.05, 3.63) is 29.3 Å². The van der Waals surface area contributed by atoms with E-state index in [1.165, 1.54) is 0 Å². The Morgan fingerprint density at radius 3 is 2.32 bits per heavy atom. The van der Waals surface area contributed by atoms with Gasteiger partial charge in [0.2, 0.25) is 5.85 Å². The maximum atomic E-state index is 11.6. The zero-order valence-electron chi connectivity index (χ0n) is 15.2. The minimum absolute atomic E-state index is 0. The van der Waals surface area contributed by atoms with Crippen molar-refractivity contribution >= 4 is 25.2 Å². The Labute approximate surface area is 153 Å². The zero-order valence-corrected chi connectivity index (χ0v) is 16.8. The Bertz CT molecular complexity index is 584. The van der Waals surface area contributed by atoms with Gasteiger partial charge in [-0.3, -0.25) is 4.57 Å². The molecule has 0 aromatic heterocycles. The number of carbonyl (C=O) groups excluding carboxylic acids is 1. The van der Waals surface area contributed by atoms with E-state index in [1.54, 1.807) is 31.2 Å². The van der Waals surface area contributed by atoms with Crippen LogP contribution in [0.3, 0.4) is 0 Å². The van der Waals surface area contributed by atoms with Crippen molar-refractivity contribution in [3.63, 3.8) is 0 Å². The van der Waals surface area contributed by atoms with Gasteiger partial charge in [-0.1, -0.05) is 30.7 Å². The van der Waals surface area contributed by atoms with E-state index in [4.69, 9.17) is 26.8 Å². The Morgan fingerprint density at radius 2 is 1.88 bits per heavy atom. The van der Waals surface area contributed by atoms with Crippen LogP contribution in [0.4, 0.5) is 0 Å². The van der Waals surface area contributed by atoms with Crippen LogP contribution < -0.4 is 10.5 Å². The van der Waals surface area contributed by atoms with Crippen LogP contribution in [0, 0.1) is 0 Å². The summed E-state index contributed by atoms with van der Waals surface area (Å²) < 4.78 is 26.1. The lowest BCUT2D eigenvalue weighted by Crippen LogP contribution is -2.26. The molecule has 0 aliphatic rings. The molecular weight excluding hydrogens is 369 g/mol. The Balaban J connectivity index is 0.00000101. The summed E-state index contributed by atoms with van der Waals surface area (Å²) in [5.74, 6) is -1.66. The predicted octanol–water partition coefficient (Wildman–Crippen LogP) is 3.57. The van der Waals surface area contributed by atoms with Gasteiger partial charge in [-0.15, -0.1) is 0 Å². The van der Waals surface area contributed by atoms with Crippen molar-refractivity contribution < 1.29 is 28.3 Å². The summed E-state index contributed by atoms with van der Waals surface area (Å²) in [6.45, 7) is 7.09. The molecule has 0 bridgehead atoms. The number of carbonyl (C=O) groups is 1. The molecule has 7 nitrogen and oxygen atoms in total. The molecule has 0 heterocycles. The number of rotatable bonds is 7. The van der Waals surface area contributed by atoms with E-state index < -0.39 is 26.0 Å². The fourth-order valence-electron chi connectivity index (χ4n) is 1.38. The standard InChI is InChI=1S/C12H16ClO6P.C4H11N/c1-3-12(20(15,16)17-2)19-11(14)8-18-10-7-5-4-6-9(10)13;1-4(2,3)5/h4-7,12H,3,8H2,1-2H3,(H,15,16);5H2,1-3H3. The van der Waals surface area contributed by atoms with Gasteiger partial charge >= 0.3 is 13.6 Å². The first kappa shape index (κ1) is 23.9. The summed E-state index contributed by atoms with van der Waals surface area (Å²) in [6.07, 6.45) is 0.152. The normalized spacial score (nSPS) is 14.6. The van der Waals surface area contributed by atoms with Gasteiger partial charge in [0.05, 0.1) is 5.02 Å². The van der Waals surface area contributed by atoms with Gasteiger partial charge in [0, 0.05) is 12.6 Å². The molecule has 0 fully saturated rings. The summed E-state index contributed by atoms with van der Waals surface area (Å²) in [5.41, 5.74) is 5.35. The Morgan fingerprint density at radius 1 is 1.36 bits per heavy atom. The van der Waals surface area contributed by atoms with Crippen LogP contribution in [0.2, 0.25) is 5.02 Å². The van der Waals surface area contributed by atoms with Crippen LogP contribution in [0.1, 0.15) is 34.1 Å². The monoisotopic (exact) mass is 395 g/mol. The molecule has 2 unspecified atom stereocenters. The zero-order chi connectivity index (χ0) is 19.7. The second-order valence-electron chi connectivity index (χ2n) is 6.18. The molecule has 3 N–H and O–H groups in total. The van der Waals surface area contributed by atoms with Crippen molar-refractivity contribution in [1.82, 2.24) is 0 Å². The molecular formula is C16H27ClNO6P. The number of hydrogen-bond donors (Lipinski definition) is 2. The van der Waals surface area contributed by atoms with Crippen molar-refractivity contribution in [2.45, 2.75) is 45.5 Å². The van der Waals surface area contributed by atoms with Gasteiger partial charge in [-0.05, 0) is 39.3 Å².